The summed E-state index contributed by atoms with van der Waals surface area (Å²) in [5, 5.41) is 11.5. The zero-order valence-corrected chi connectivity index (χ0v) is 11.6. The Labute approximate surface area is 104 Å². The molecule has 1 aromatic rings. The Morgan fingerprint density at radius 3 is 2.69 bits per heavy atom. The second kappa shape index (κ2) is 5.19. The average Bonchev–Trinajstić information content (AvgIpc) is 2.61. The lowest BCUT2D eigenvalue weighted by atomic mass is 9.98. The van der Waals surface area contributed by atoms with E-state index >= 15 is 0 Å². The van der Waals surface area contributed by atoms with Crippen LogP contribution in [0.1, 0.15) is 38.4 Å². The van der Waals surface area contributed by atoms with Crippen molar-refractivity contribution in [1.82, 2.24) is 4.98 Å². The summed E-state index contributed by atoms with van der Waals surface area (Å²) < 4.78 is 0. The second-order valence-electron chi connectivity index (χ2n) is 4.69. The van der Waals surface area contributed by atoms with Gasteiger partial charge in [-0.1, -0.05) is 20.8 Å². The third-order valence-corrected chi connectivity index (χ3v) is 4.50. The number of aromatic nitrogens is 1. The molecule has 90 valence electrons. The van der Waals surface area contributed by atoms with Gasteiger partial charge in [-0.25, -0.2) is 4.98 Å². The summed E-state index contributed by atoms with van der Waals surface area (Å²) in [6, 6.07) is 0. The first-order valence-electron chi connectivity index (χ1n) is 5.10. The quantitative estimate of drug-likeness (QED) is 0.902. The molecule has 16 heavy (non-hydrogen) atoms. The maximum atomic E-state index is 10.6. The number of nitrogens with zero attached hydrogens (tertiary/aromatic N) is 1. The van der Waals surface area contributed by atoms with Crippen LogP contribution in [0.25, 0.3) is 0 Å². The first-order valence-corrected chi connectivity index (χ1v) is 7.03. The van der Waals surface area contributed by atoms with Gasteiger partial charge < -0.3 is 5.11 Å². The van der Waals surface area contributed by atoms with E-state index < -0.39 is 5.97 Å². The van der Waals surface area contributed by atoms with E-state index in [9.17, 15) is 4.79 Å². The van der Waals surface area contributed by atoms with Crippen molar-refractivity contribution in [2.75, 3.05) is 0 Å². The third-order valence-electron chi connectivity index (χ3n) is 2.02. The minimum atomic E-state index is -0.767. The van der Waals surface area contributed by atoms with Crippen LogP contribution < -0.4 is 0 Å². The number of thiazole rings is 1. The number of rotatable bonds is 4. The van der Waals surface area contributed by atoms with Gasteiger partial charge in [-0.3, -0.25) is 4.79 Å². The molecule has 0 fully saturated rings. The molecule has 1 atom stereocenters. The van der Waals surface area contributed by atoms with Crippen molar-refractivity contribution in [3.05, 3.63) is 16.1 Å². The predicted octanol–water partition coefficient (Wildman–Crippen LogP) is 3.15. The Morgan fingerprint density at radius 2 is 2.25 bits per heavy atom. The lowest BCUT2D eigenvalue weighted by Crippen LogP contribution is -2.12. The molecule has 3 nitrogen and oxygen atoms in total. The van der Waals surface area contributed by atoms with Gasteiger partial charge in [0.05, 0.1) is 16.0 Å². The van der Waals surface area contributed by atoms with Gasteiger partial charge in [-0.05, 0) is 6.92 Å². The topological polar surface area (TPSA) is 50.2 Å². The van der Waals surface area contributed by atoms with E-state index in [2.05, 4.69) is 25.8 Å². The van der Waals surface area contributed by atoms with Gasteiger partial charge in [0.1, 0.15) is 0 Å². The van der Waals surface area contributed by atoms with E-state index in [4.69, 9.17) is 5.11 Å². The molecule has 0 aromatic carbocycles. The molecule has 1 aromatic heterocycles. The Bertz CT molecular complexity index is 368. The molecule has 0 saturated heterocycles. The van der Waals surface area contributed by atoms with Gasteiger partial charge in [0.15, 0.2) is 0 Å². The Hall–Kier alpha value is -0.550. The van der Waals surface area contributed by atoms with Crippen LogP contribution >= 0.6 is 23.1 Å². The maximum Gasteiger partial charge on any atom is 0.316 e. The molecule has 0 amide bonds. The van der Waals surface area contributed by atoms with Crippen LogP contribution in [0.4, 0.5) is 0 Å². The minimum Gasteiger partial charge on any atom is -0.480 e. The van der Waals surface area contributed by atoms with Crippen molar-refractivity contribution >= 4 is 29.1 Å². The summed E-state index contributed by atoms with van der Waals surface area (Å²) in [5.74, 6) is -0.101. The zero-order valence-electron chi connectivity index (χ0n) is 9.98. The molecule has 0 radical (unpaired) electrons. The summed E-state index contributed by atoms with van der Waals surface area (Å²) in [5.41, 5.74) is 1.06. The van der Waals surface area contributed by atoms with Crippen molar-refractivity contribution in [2.45, 2.75) is 44.1 Å². The highest BCUT2D eigenvalue weighted by molar-refractivity contribution is 7.99. The summed E-state index contributed by atoms with van der Waals surface area (Å²) >= 11 is 3.05. The Morgan fingerprint density at radius 1 is 1.62 bits per heavy atom. The van der Waals surface area contributed by atoms with Gasteiger partial charge in [-0.2, -0.15) is 0 Å². The predicted molar refractivity (Wildman–Crippen MR) is 69.2 cm³/mol. The number of aliphatic carboxylic acids is 1. The lowest BCUT2D eigenvalue weighted by molar-refractivity contribution is -0.136. The van der Waals surface area contributed by atoms with E-state index in [1.54, 1.807) is 18.3 Å². The summed E-state index contributed by atoms with van der Waals surface area (Å²) in [4.78, 5) is 15.2. The SMILES string of the molecule is CC(SCc1csc(C(C)(C)C)n1)C(=O)O. The Kier molecular flexibility index (Phi) is 4.38. The second-order valence-corrected chi connectivity index (χ2v) is 6.87. The molecule has 5 heteroatoms. The normalized spacial score (nSPS) is 13.8. The fourth-order valence-electron chi connectivity index (χ4n) is 0.999. The van der Waals surface area contributed by atoms with E-state index in [1.165, 1.54) is 11.8 Å². The largest absolute Gasteiger partial charge is 0.480 e. The molecule has 1 rings (SSSR count). The van der Waals surface area contributed by atoms with Gasteiger partial charge in [0, 0.05) is 16.5 Å². The molecule has 0 spiro atoms. The monoisotopic (exact) mass is 259 g/mol. The molecular formula is C11H17NO2S2. The third kappa shape index (κ3) is 3.79. The molecule has 1 unspecified atom stereocenters. The van der Waals surface area contributed by atoms with Crippen molar-refractivity contribution in [3.8, 4) is 0 Å². The molecule has 0 aliphatic rings. The van der Waals surface area contributed by atoms with Crippen LogP contribution in [-0.2, 0) is 16.0 Å². The number of hydrogen-bond donors (Lipinski definition) is 1. The Balaban J connectivity index is 2.57. The smallest absolute Gasteiger partial charge is 0.316 e. The van der Waals surface area contributed by atoms with Gasteiger partial charge in [-0.15, -0.1) is 23.1 Å². The fraction of sp³-hybridized carbons (Fsp3) is 0.636. The highest BCUT2D eigenvalue weighted by Crippen LogP contribution is 2.27. The molecule has 0 aliphatic carbocycles. The first kappa shape index (κ1) is 13.5. The van der Waals surface area contributed by atoms with Crippen LogP contribution in [0, 0.1) is 0 Å². The van der Waals surface area contributed by atoms with Crippen LogP contribution in [0.2, 0.25) is 0 Å². The van der Waals surface area contributed by atoms with Crippen molar-refractivity contribution in [2.24, 2.45) is 0 Å². The van der Waals surface area contributed by atoms with Crippen LogP contribution in [0.5, 0.6) is 0 Å². The fourth-order valence-corrected chi connectivity index (χ4v) is 2.72. The van der Waals surface area contributed by atoms with E-state index in [0.29, 0.717) is 5.75 Å². The van der Waals surface area contributed by atoms with Gasteiger partial charge >= 0.3 is 5.97 Å². The van der Waals surface area contributed by atoms with Crippen LogP contribution in [0.3, 0.4) is 0 Å². The maximum absolute atomic E-state index is 10.6. The van der Waals surface area contributed by atoms with Crippen molar-refractivity contribution < 1.29 is 9.90 Å². The van der Waals surface area contributed by atoms with Gasteiger partial charge in [0.25, 0.3) is 0 Å². The van der Waals surface area contributed by atoms with Crippen molar-refractivity contribution in [1.29, 1.82) is 0 Å². The van der Waals surface area contributed by atoms with Crippen LogP contribution in [-0.4, -0.2) is 21.3 Å². The number of thioether (sulfide) groups is 1. The molecule has 0 saturated carbocycles. The highest BCUT2D eigenvalue weighted by atomic mass is 32.2. The molecule has 1 heterocycles. The molecule has 0 aliphatic heterocycles. The molecule has 1 N–H and O–H groups in total. The van der Waals surface area contributed by atoms with Gasteiger partial charge in [0.2, 0.25) is 0 Å². The average molecular weight is 259 g/mol. The van der Waals surface area contributed by atoms with Crippen molar-refractivity contribution in [3.63, 3.8) is 0 Å². The van der Waals surface area contributed by atoms with Crippen LogP contribution in [0.15, 0.2) is 5.38 Å². The van der Waals surface area contributed by atoms with E-state index in [1.807, 2.05) is 5.38 Å². The van der Waals surface area contributed by atoms with E-state index in [0.717, 1.165) is 10.7 Å². The minimum absolute atomic E-state index is 0.0754. The summed E-state index contributed by atoms with van der Waals surface area (Å²) in [7, 11) is 0. The number of carboxylic acid groups (broad SMARTS) is 1. The highest BCUT2D eigenvalue weighted by Gasteiger charge is 2.18. The van der Waals surface area contributed by atoms with E-state index in [-0.39, 0.29) is 10.7 Å². The number of carboxylic acids is 1. The standard InChI is InChI=1S/C11H17NO2S2/c1-7(9(13)14)15-5-8-6-16-10(12-8)11(2,3)4/h6-7H,5H2,1-4H3,(H,13,14). The molecule has 0 bridgehead atoms. The summed E-state index contributed by atoms with van der Waals surface area (Å²) in [6.45, 7) is 8.08. The number of hydrogen-bond acceptors (Lipinski definition) is 4. The lowest BCUT2D eigenvalue weighted by Gasteiger charge is -2.13. The summed E-state index contributed by atoms with van der Waals surface area (Å²) in [6.07, 6.45) is 0. The number of carbonyl (C=O) groups is 1. The zero-order chi connectivity index (χ0) is 12.3. The first-order chi connectivity index (χ1) is 7.30. The molecular weight excluding hydrogens is 242 g/mol.